The minimum Gasteiger partial charge on any atom is -0.481 e. The molecule has 1 aromatic rings. The fourth-order valence-electron chi connectivity index (χ4n) is 1.57. The molecule has 4 amide bonds. The van der Waals surface area contributed by atoms with Gasteiger partial charge in [0.05, 0.1) is 0 Å². The highest BCUT2D eigenvalue weighted by Gasteiger charge is 2.29. The van der Waals surface area contributed by atoms with E-state index in [1.165, 1.54) is 18.2 Å². The highest BCUT2D eigenvalue weighted by Crippen LogP contribution is 2.14. The number of halogens is 1. The third kappa shape index (κ3) is 3.44. The van der Waals surface area contributed by atoms with E-state index in [2.05, 4.69) is 10.6 Å². The Bertz CT molecular complexity index is 549. The third-order valence-corrected chi connectivity index (χ3v) is 2.56. The number of ether oxygens (including phenoxy) is 1. The second-order valence-corrected chi connectivity index (χ2v) is 4.04. The van der Waals surface area contributed by atoms with Gasteiger partial charge in [0.25, 0.3) is 11.8 Å². The van der Waals surface area contributed by atoms with Crippen LogP contribution in [0.25, 0.3) is 0 Å². The molecular formula is C12H12FN3O4. The van der Waals surface area contributed by atoms with Crippen molar-refractivity contribution in [2.24, 2.45) is 0 Å². The van der Waals surface area contributed by atoms with Gasteiger partial charge in [-0.25, -0.2) is 9.18 Å². The van der Waals surface area contributed by atoms with Crippen LogP contribution in [0.4, 0.5) is 9.18 Å². The molecule has 0 aliphatic carbocycles. The average Bonchev–Trinajstić information content (AvgIpc) is 2.74. The van der Waals surface area contributed by atoms with Crippen LogP contribution in [-0.2, 0) is 9.59 Å². The van der Waals surface area contributed by atoms with E-state index in [9.17, 15) is 18.8 Å². The van der Waals surface area contributed by atoms with Crippen LogP contribution in [-0.4, -0.2) is 37.0 Å². The fraction of sp³-hybridized carbons (Fsp3) is 0.250. The predicted molar refractivity (Wildman–Crippen MR) is 65.4 cm³/mol. The first-order valence-electron chi connectivity index (χ1n) is 5.81. The molecule has 1 saturated heterocycles. The van der Waals surface area contributed by atoms with Crippen LogP contribution in [0.3, 0.4) is 0 Å². The maximum atomic E-state index is 13.2. The molecule has 1 aliphatic rings. The van der Waals surface area contributed by atoms with E-state index in [0.29, 0.717) is 0 Å². The van der Waals surface area contributed by atoms with Crippen molar-refractivity contribution < 1.29 is 23.5 Å². The Morgan fingerprint density at radius 3 is 2.75 bits per heavy atom. The largest absolute Gasteiger partial charge is 0.481 e. The smallest absolute Gasteiger partial charge is 0.322 e. The van der Waals surface area contributed by atoms with Gasteiger partial charge in [-0.1, -0.05) is 12.1 Å². The van der Waals surface area contributed by atoms with Crippen LogP contribution in [0, 0.1) is 5.82 Å². The second kappa shape index (κ2) is 6.00. The van der Waals surface area contributed by atoms with Gasteiger partial charge in [-0.15, -0.1) is 0 Å². The van der Waals surface area contributed by atoms with Crippen molar-refractivity contribution in [2.75, 3.05) is 13.2 Å². The minimum absolute atomic E-state index is 0.0328. The first kappa shape index (κ1) is 13.8. The van der Waals surface area contributed by atoms with E-state index in [4.69, 9.17) is 4.74 Å². The molecule has 0 radical (unpaired) electrons. The summed E-state index contributed by atoms with van der Waals surface area (Å²) in [5, 5.41) is 6.76. The highest BCUT2D eigenvalue weighted by atomic mass is 19.1. The number of urea groups is 1. The van der Waals surface area contributed by atoms with Gasteiger partial charge in [-0.3, -0.25) is 14.9 Å². The Labute approximate surface area is 113 Å². The van der Waals surface area contributed by atoms with E-state index in [-0.39, 0.29) is 18.9 Å². The van der Waals surface area contributed by atoms with E-state index >= 15 is 0 Å². The summed E-state index contributed by atoms with van der Waals surface area (Å²) < 4.78 is 18.2. The molecule has 106 valence electrons. The Balaban J connectivity index is 1.75. The first-order valence-corrected chi connectivity index (χ1v) is 5.81. The minimum atomic E-state index is -0.806. The van der Waals surface area contributed by atoms with Crippen LogP contribution in [0.2, 0.25) is 0 Å². The van der Waals surface area contributed by atoms with Crippen LogP contribution in [0.1, 0.15) is 0 Å². The van der Waals surface area contributed by atoms with Crippen molar-refractivity contribution in [3.8, 4) is 5.75 Å². The normalized spacial score (nSPS) is 17.4. The van der Waals surface area contributed by atoms with Gasteiger partial charge in [-0.05, 0) is 12.1 Å². The lowest BCUT2D eigenvalue weighted by atomic mass is 10.3. The Kier molecular flexibility index (Phi) is 4.14. The molecule has 3 N–H and O–H groups in total. The molecule has 1 unspecified atom stereocenters. The topological polar surface area (TPSA) is 96.5 Å². The van der Waals surface area contributed by atoms with E-state index in [1.54, 1.807) is 6.07 Å². The first-order chi connectivity index (χ1) is 9.56. The molecule has 1 atom stereocenters. The van der Waals surface area contributed by atoms with Gasteiger partial charge in [0.15, 0.2) is 18.2 Å². The number of imide groups is 1. The summed E-state index contributed by atoms with van der Waals surface area (Å²) in [7, 11) is 0. The summed E-state index contributed by atoms with van der Waals surface area (Å²) in [4.78, 5) is 33.5. The number of nitrogens with one attached hydrogen (secondary N) is 3. The molecule has 7 nitrogen and oxygen atoms in total. The SMILES string of the molecule is O=C(COc1ccccc1F)NCC1NC(=O)NC1=O. The molecule has 1 heterocycles. The highest BCUT2D eigenvalue weighted by molar-refractivity contribution is 6.04. The lowest BCUT2D eigenvalue weighted by Crippen LogP contribution is -2.43. The van der Waals surface area contributed by atoms with Gasteiger partial charge >= 0.3 is 6.03 Å². The molecule has 1 fully saturated rings. The van der Waals surface area contributed by atoms with Crippen molar-refractivity contribution in [1.29, 1.82) is 0 Å². The van der Waals surface area contributed by atoms with E-state index < -0.39 is 29.7 Å². The van der Waals surface area contributed by atoms with Crippen LogP contribution in [0.15, 0.2) is 24.3 Å². The molecule has 20 heavy (non-hydrogen) atoms. The number of rotatable bonds is 5. The van der Waals surface area contributed by atoms with Crippen molar-refractivity contribution in [3.63, 3.8) is 0 Å². The standard InChI is InChI=1S/C12H12FN3O4/c13-7-3-1-2-4-9(7)20-6-10(17)14-5-8-11(18)16-12(19)15-8/h1-4,8H,5-6H2,(H,14,17)(H2,15,16,18,19). The molecule has 1 aliphatic heterocycles. The summed E-state index contributed by atoms with van der Waals surface area (Å²) in [5.74, 6) is -1.63. The third-order valence-electron chi connectivity index (χ3n) is 2.56. The molecule has 0 saturated carbocycles. The average molecular weight is 281 g/mol. The van der Waals surface area contributed by atoms with Gasteiger partial charge in [0, 0.05) is 6.54 Å². The summed E-state index contributed by atoms with van der Waals surface area (Å²) in [6.07, 6.45) is 0. The number of hydrogen-bond acceptors (Lipinski definition) is 4. The molecule has 1 aromatic carbocycles. The maximum Gasteiger partial charge on any atom is 0.322 e. The van der Waals surface area contributed by atoms with Crippen molar-refractivity contribution >= 4 is 17.8 Å². The second-order valence-electron chi connectivity index (χ2n) is 4.04. The number of para-hydroxylation sites is 1. The van der Waals surface area contributed by atoms with E-state index in [1.807, 2.05) is 5.32 Å². The van der Waals surface area contributed by atoms with Crippen molar-refractivity contribution in [2.45, 2.75) is 6.04 Å². The van der Waals surface area contributed by atoms with Crippen molar-refractivity contribution in [3.05, 3.63) is 30.1 Å². The number of amides is 4. The summed E-state index contributed by atoms with van der Waals surface area (Å²) in [6.45, 7) is -0.444. The lowest BCUT2D eigenvalue weighted by molar-refractivity contribution is -0.123. The maximum absolute atomic E-state index is 13.2. The zero-order chi connectivity index (χ0) is 14.5. The molecule has 2 rings (SSSR count). The summed E-state index contributed by atoms with van der Waals surface area (Å²) in [5.41, 5.74) is 0. The van der Waals surface area contributed by atoms with E-state index in [0.717, 1.165) is 0 Å². The molecular weight excluding hydrogens is 269 g/mol. The number of carbonyl (C=O) groups excluding carboxylic acids is 3. The predicted octanol–water partition coefficient (Wildman–Crippen LogP) is -0.471. The van der Waals surface area contributed by atoms with Crippen LogP contribution in [0.5, 0.6) is 5.75 Å². The van der Waals surface area contributed by atoms with Crippen molar-refractivity contribution in [1.82, 2.24) is 16.0 Å². The lowest BCUT2D eigenvalue weighted by Gasteiger charge is -2.10. The number of benzene rings is 1. The zero-order valence-corrected chi connectivity index (χ0v) is 10.3. The summed E-state index contributed by atoms with van der Waals surface area (Å²) in [6, 6.07) is 4.29. The van der Waals surface area contributed by atoms with Gasteiger partial charge < -0.3 is 15.4 Å². The Hall–Kier alpha value is -2.64. The summed E-state index contributed by atoms with van der Waals surface area (Å²) >= 11 is 0. The number of carbonyl (C=O) groups is 3. The molecule has 8 heteroatoms. The molecule has 0 bridgehead atoms. The quantitative estimate of drug-likeness (QED) is 0.636. The number of hydrogen-bond donors (Lipinski definition) is 3. The Morgan fingerprint density at radius 2 is 2.10 bits per heavy atom. The van der Waals surface area contributed by atoms with Crippen LogP contribution < -0.4 is 20.7 Å². The van der Waals surface area contributed by atoms with Crippen LogP contribution >= 0.6 is 0 Å². The molecule has 0 spiro atoms. The molecule has 0 aromatic heterocycles. The fourth-order valence-corrected chi connectivity index (χ4v) is 1.57. The van der Waals surface area contributed by atoms with Gasteiger partial charge in [0.1, 0.15) is 6.04 Å². The monoisotopic (exact) mass is 281 g/mol. The Morgan fingerprint density at radius 1 is 1.35 bits per heavy atom. The zero-order valence-electron chi connectivity index (χ0n) is 10.3. The van der Waals surface area contributed by atoms with Gasteiger partial charge in [0.2, 0.25) is 0 Å². The van der Waals surface area contributed by atoms with Gasteiger partial charge in [-0.2, -0.15) is 0 Å².